The first kappa shape index (κ1) is 21.4. The Morgan fingerprint density at radius 3 is 2.23 bits per heavy atom. The monoisotopic (exact) mass is 356 g/mol. The van der Waals surface area contributed by atoms with Gasteiger partial charge in [-0.25, -0.2) is 0 Å². The van der Waals surface area contributed by atoms with Gasteiger partial charge in [0.1, 0.15) is 0 Å². The predicted molar refractivity (Wildman–Crippen MR) is 104 cm³/mol. The lowest BCUT2D eigenvalue weighted by atomic mass is 10.1. The summed E-state index contributed by atoms with van der Waals surface area (Å²) in [5, 5.41) is 2.44. The highest BCUT2D eigenvalue weighted by Gasteiger charge is 2.19. The van der Waals surface area contributed by atoms with Crippen LogP contribution in [0.3, 0.4) is 0 Å². The van der Waals surface area contributed by atoms with Crippen LogP contribution in [0.5, 0.6) is 0 Å². The molecule has 0 aromatic rings. The molecule has 140 valence electrons. The zero-order valence-corrected chi connectivity index (χ0v) is 16.0. The molecule has 0 aromatic carbocycles. The standard InChI is InChI=1S/C21H28N2O3/c1-14(2)7-5-8-15(3)9-6-10-16(4)11-21(26)23-18-13-19(24)17(22)12-20(18)25/h7,9,11-13H,5-6,8,10,22H2,1-4H3,(H,23,26). The van der Waals surface area contributed by atoms with Crippen LogP contribution in [-0.2, 0) is 14.4 Å². The number of hydrogen-bond acceptors (Lipinski definition) is 4. The van der Waals surface area contributed by atoms with Gasteiger partial charge >= 0.3 is 0 Å². The molecule has 0 heterocycles. The molecule has 1 aliphatic rings. The maximum atomic E-state index is 12.0. The lowest BCUT2D eigenvalue weighted by Crippen LogP contribution is -2.30. The van der Waals surface area contributed by atoms with Crippen molar-refractivity contribution in [3.63, 3.8) is 0 Å². The topological polar surface area (TPSA) is 89.3 Å². The molecule has 26 heavy (non-hydrogen) atoms. The van der Waals surface area contributed by atoms with Gasteiger partial charge < -0.3 is 11.1 Å². The predicted octanol–water partition coefficient (Wildman–Crippen LogP) is 3.40. The lowest BCUT2D eigenvalue weighted by molar-refractivity contribution is -0.119. The average molecular weight is 356 g/mol. The van der Waals surface area contributed by atoms with E-state index in [2.05, 4.69) is 38.2 Å². The third kappa shape index (κ3) is 7.92. The second kappa shape index (κ2) is 10.3. The minimum Gasteiger partial charge on any atom is -0.395 e. The molecule has 0 unspecified atom stereocenters. The number of hydrogen-bond donors (Lipinski definition) is 2. The van der Waals surface area contributed by atoms with Crippen molar-refractivity contribution in [3.05, 3.63) is 58.5 Å². The summed E-state index contributed by atoms with van der Waals surface area (Å²) in [6.07, 6.45) is 11.6. The molecular weight excluding hydrogens is 328 g/mol. The van der Waals surface area contributed by atoms with Crippen molar-refractivity contribution >= 4 is 17.5 Å². The minimum absolute atomic E-state index is 0.0479. The van der Waals surface area contributed by atoms with Crippen molar-refractivity contribution in [2.75, 3.05) is 0 Å². The Morgan fingerprint density at radius 2 is 1.58 bits per heavy atom. The van der Waals surface area contributed by atoms with Crippen molar-refractivity contribution < 1.29 is 14.4 Å². The number of carbonyl (C=O) groups excluding carboxylic acids is 3. The number of allylic oxidation sites excluding steroid dienone is 7. The molecule has 1 aliphatic carbocycles. The molecule has 5 nitrogen and oxygen atoms in total. The van der Waals surface area contributed by atoms with Gasteiger partial charge in [-0.2, -0.15) is 0 Å². The molecule has 0 bridgehead atoms. The van der Waals surface area contributed by atoms with Crippen LogP contribution in [-0.4, -0.2) is 17.5 Å². The molecule has 1 rings (SSSR count). The molecule has 5 heteroatoms. The molecule has 0 saturated heterocycles. The molecular formula is C21H28N2O3. The van der Waals surface area contributed by atoms with Gasteiger partial charge in [0.05, 0.1) is 11.4 Å². The van der Waals surface area contributed by atoms with E-state index in [1.54, 1.807) is 0 Å². The molecule has 0 atom stereocenters. The zero-order valence-electron chi connectivity index (χ0n) is 16.0. The Morgan fingerprint density at radius 1 is 0.962 bits per heavy atom. The fraction of sp³-hybridized carbons (Fsp3) is 0.381. The zero-order chi connectivity index (χ0) is 19.7. The third-order valence-electron chi connectivity index (χ3n) is 3.87. The van der Waals surface area contributed by atoms with Crippen LogP contribution in [0.15, 0.2) is 58.5 Å². The molecule has 0 aromatic heterocycles. The summed E-state index contributed by atoms with van der Waals surface area (Å²) in [4.78, 5) is 35.2. The average Bonchev–Trinajstić information content (AvgIpc) is 2.52. The number of rotatable bonds is 8. The Labute approximate surface area is 155 Å². The first-order chi connectivity index (χ1) is 12.2. The van der Waals surface area contributed by atoms with Crippen molar-refractivity contribution in [1.82, 2.24) is 5.32 Å². The van der Waals surface area contributed by atoms with E-state index in [1.165, 1.54) is 17.2 Å². The van der Waals surface area contributed by atoms with Crippen LogP contribution in [0.2, 0.25) is 0 Å². The summed E-state index contributed by atoms with van der Waals surface area (Å²) in [7, 11) is 0. The summed E-state index contributed by atoms with van der Waals surface area (Å²) in [6.45, 7) is 8.17. The molecule has 1 amide bonds. The fourth-order valence-corrected chi connectivity index (χ4v) is 2.37. The second-order valence-electron chi connectivity index (χ2n) is 6.78. The van der Waals surface area contributed by atoms with Crippen LogP contribution in [0, 0.1) is 0 Å². The highest BCUT2D eigenvalue weighted by atomic mass is 16.2. The smallest absolute Gasteiger partial charge is 0.248 e. The van der Waals surface area contributed by atoms with Gasteiger partial charge in [0, 0.05) is 18.2 Å². The summed E-state index contributed by atoms with van der Waals surface area (Å²) in [5.41, 5.74) is 8.78. The van der Waals surface area contributed by atoms with Crippen molar-refractivity contribution in [2.24, 2.45) is 5.73 Å². The normalized spacial score (nSPS) is 15.4. The van der Waals surface area contributed by atoms with Gasteiger partial charge in [-0.1, -0.05) is 28.9 Å². The van der Waals surface area contributed by atoms with Crippen LogP contribution >= 0.6 is 0 Å². The van der Waals surface area contributed by atoms with Crippen LogP contribution in [0.4, 0.5) is 0 Å². The van der Waals surface area contributed by atoms with Crippen LogP contribution in [0.1, 0.15) is 53.4 Å². The van der Waals surface area contributed by atoms with E-state index in [9.17, 15) is 14.4 Å². The fourth-order valence-electron chi connectivity index (χ4n) is 2.37. The van der Waals surface area contributed by atoms with E-state index in [-0.39, 0.29) is 11.4 Å². The maximum Gasteiger partial charge on any atom is 0.248 e. The van der Waals surface area contributed by atoms with Gasteiger partial charge in [0.25, 0.3) is 0 Å². The SMILES string of the molecule is CC(C)=CCCC(C)=CCCC(C)=CC(=O)NC1=CC(=O)C(N)=CC1=O. The van der Waals surface area contributed by atoms with Crippen molar-refractivity contribution in [1.29, 1.82) is 0 Å². The second-order valence-corrected chi connectivity index (χ2v) is 6.78. The maximum absolute atomic E-state index is 12.0. The molecule has 0 spiro atoms. The van der Waals surface area contributed by atoms with Gasteiger partial charge in [-0.05, 0) is 53.4 Å². The Kier molecular flexibility index (Phi) is 8.49. The molecule has 0 fully saturated rings. The van der Waals surface area contributed by atoms with Gasteiger partial charge in [-0.3, -0.25) is 14.4 Å². The third-order valence-corrected chi connectivity index (χ3v) is 3.87. The Bertz CT molecular complexity index is 730. The first-order valence-electron chi connectivity index (χ1n) is 8.73. The first-order valence-corrected chi connectivity index (χ1v) is 8.73. The van der Waals surface area contributed by atoms with E-state index in [1.807, 2.05) is 6.92 Å². The summed E-state index contributed by atoms with van der Waals surface area (Å²) in [6, 6.07) is 0. The van der Waals surface area contributed by atoms with Crippen molar-refractivity contribution in [3.8, 4) is 0 Å². The summed E-state index contributed by atoms with van der Waals surface area (Å²) >= 11 is 0. The highest BCUT2D eigenvalue weighted by Crippen LogP contribution is 2.12. The van der Waals surface area contributed by atoms with Gasteiger partial charge in [0.15, 0.2) is 0 Å². The number of amides is 1. The van der Waals surface area contributed by atoms with Gasteiger partial charge in [0.2, 0.25) is 17.5 Å². The van der Waals surface area contributed by atoms with E-state index in [4.69, 9.17) is 5.73 Å². The van der Waals surface area contributed by atoms with Crippen LogP contribution in [0.25, 0.3) is 0 Å². The molecule has 0 saturated carbocycles. The van der Waals surface area contributed by atoms with E-state index in [0.717, 1.165) is 43.4 Å². The Hall–Kier alpha value is -2.69. The van der Waals surface area contributed by atoms with Crippen LogP contribution < -0.4 is 11.1 Å². The molecule has 0 radical (unpaired) electrons. The number of nitrogens with one attached hydrogen (secondary N) is 1. The minimum atomic E-state index is -0.477. The summed E-state index contributed by atoms with van der Waals surface area (Å²) < 4.78 is 0. The molecule has 0 aliphatic heterocycles. The lowest BCUT2D eigenvalue weighted by Gasteiger charge is -2.10. The van der Waals surface area contributed by atoms with Gasteiger partial charge in [-0.15, -0.1) is 0 Å². The quantitative estimate of drug-likeness (QED) is 0.396. The molecule has 3 N–H and O–H groups in total. The number of ketones is 2. The highest BCUT2D eigenvalue weighted by molar-refractivity contribution is 6.20. The van der Waals surface area contributed by atoms with E-state index in [0.29, 0.717) is 0 Å². The van der Waals surface area contributed by atoms with E-state index >= 15 is 0 Å². The number of carbonyl (C=O) groups is 3. The van der Waals surface area contributed by atoms with E-state index < -0.39 is 17.5 Å². The summed E-state index contributed by atoms with van der Waals surface area (Å²) in [5.74, 6) is -1.38. The number of nitrogens with two attached hydrogens (primary N) is 1. The van der Waals surface area contributed by atoms with Crippen molar-refractivity contribution in [2.45, 2.75) is 53.4 Å². The largest absolute Gasteiger partial charge is 0.395 e. The Balaban J connectivity index is 2.48.